The van der Waals surface area contributed by atoms with E-state index in [9.17, 15) is 9.90 Å². The zero-order valence-electron chi connectivity index (χ0n) is 11.4. The highest BCUT2D eigenvalue weighted by Crippen LogP contribution is 2.20. The first-order valence-corrected chi connectivity index (χ1v) is 6.11. The SMILES string of the molecule is CCc1noc(C)c1NC(=O)N(C)CCC(C)O. The lowest BCUT2D eigenvalue weighted by Gasteiger charge is -2.18. The summed E-state index contributed by atoms with van der Waals surface area (Å²) in [5, 5.41) is 15.8. The van der Waals surface area contributed by atoms with Gasteiger partial charge in [-0.3, -0.25) is 0 Å². The molecule has 2 amide bonds. The third kappa shape index (κ3) is 3.73. The molecule has 2 N–H and O–H groups in total. The van der Waals surface area contributed by atoms with Crippen molar-refractivity contribution < 1.29 is 14.4 Å². The van der Waals surface area contributed by atoms with E-state index in [1.54, 1.807) is 20.9 Å². The van der Waals surface area contributed by atoms with Crippen LogP contribution in [0.3, 0.4) is 0 Å². The quantitative estimate of drug-likeness (QED) is 0.840. The normalized spacial score (nSPS) is 12.3. The minimum absolute atomic E-state index is 0.225. The Hall–Kier alpha value is -1.56. The van der Waals surface area contributed by atoms with Gasteiger partial charge in [-0.2, -0.15) is 0 Å². The lowest BCUT2D eigenvalue weighted by molar-refractivity contribution is 0.167. The highest BCUT2D eigenvalue weighted by Gasteiger charge is 2.16. The highest BCUT2D eigenvalue weighted by atomic mass is 16.5. The largest absolute Gasteiger partial charge is 0.393 e. The molecule has 102 valence electrons. The van der Waals surface area contributed by atoms with Gasteiger partial charge in [0.25, 0.3) is 0 Å². The number of aromatic nitrogens is 1. The molecule has 1 atom stereocenters. The molecule has 0 bridgehead atoms. The molecule has 0 aliphatic carbocycles. The monoisotopic (exact) mass is 255 g/mol. The molecule has 1 rings (SSSR count). The highest BCUT2D eigenvalue weighted by molar-refractivity contribution is 5.90. The fourth-order valence-corrected chi connectivity index (χ4v) is 1.50. The van der Waals surface area contributed by atoms with Crippen LogP contribution in [0.1, 0.15) is 31.7 Å². The average Bonchev–Trinajstić information content (AvgIpc) is 2.67. The molecule has 0 radical (unpaired) electrons. The third-order valence-electron chi connectivity index (χ3n) is 2.73. The van der Waals surface area contributed by atoms with Crippen LogP contribution in [0.5, 0.6) is 0 Å². The van der Waals surface area contributed by atoms with Gasteiger partial charge in [0.15, 0.2) is 5.76 Å². The summed E-state index contributed by atoms with van der Waals surface area (Å²) in [6.07, 6.45) is 0.834. The lowest BCUT2D eigenvalue weighted by Crippen LogP contribution is -2.33. The van der Waals surface area contributed by atoms with E-state index in [4.69, 9.17) is 4.52 Å². The summed E-state index contributed by atoms with van der Waals surface area (Å²) in [7, 11) is 1.69. The number of hydrogen-bond acceptors (Lipinski definition) is 4. The molecule has 0 saturated carbocycles. The molecule has 6 heteroatoms. The molecule has 1 unspecified atom stereocenters. The molecule has 1 aromatic heterocycles. The van der Waals surface area contributed by atoms with Crippen LogP contribution in [-0.2, 0) is 6.42 Å². The maximum absolute atomic E-state index is 11.9. The van der Waals surface area contributed by atoms with Crippen molar-refractivity contribution in [1.82, 2.24) is 10.1 Å². The fraction of sp³-hybridized carbons (Fsp3) is 0.667. The summed E-state index contributed by atoms with van der Waals surface area (Å²) in [6.45, 7) is 5.90. The van der Waals surface area contributed by atoms with Crippen LogP contribution in [-0.4, -0.2) is 40.9 Å². The molecular weight excluding hydrogens is 234 g/mol. The first kappa shape index (κ1) is 14.5. The van der Waals surface area contributed by atoms with E-state index >= 15 is 0 Å². The second-order valence-electron chi connectivity index (χ2n) is 4.40. The third-order valence-corrected chi connectivity index (χ3v) is 2.73. The van der Waals surface area contributed by atoms with Gasteiger partial charge in [0, 0.05) is 13.6 Å². The average molecular weight is 255 g/mol. The number of aryl methyl sites for hydroxylation is 2. The number of aliphatic hydroxyl groups excluding tert-OH is 1. The summed E-state index contributed by atoms with van der Waals surface area (Å²) < 4.78 is 5.04. The van der Waals surface area contributed by atoms with Crippen LogP contribution in [0.25, 0.3) is 0 Å². The van der Waals surface area contributed by atoms with Crippen molar-refractivity contribution in [2.75, 3.05) is 18.9 Å². The van der Waals surface area contributed by atoms with Gasteiger partial charge >= 0.3 is 6.03 Å². The Kier molecular flexibility index (Phi) is 5.15. The molecule has 0 fully saturated rings. The Morgan fingerprint density at radius 1 is 1.61 bits per heavy atom. The Morgan fingerprint density at radius 3 is 2.83 bits per heavy atom. The van der Waals surface area contributed by atoms with Crippen LogP contribution >= 0.6 is 0 Å². The predicted octanol–water partition coefficient (Wildman–Crippen LogP) is 1.78. The van der Waals surface area contributed by atoms with Crippen LogP contribution in [0.2, 0.25) is 0 Å². The van der Waals surface area contributed by atoms with Crippen LogP contribution < -0.4 is 5.32 Å². The van der Waals surface area contributed by atoms with E-state index in [0.29, 0.717) is 30.8 Å². The molecule has 18 heavy (non-hydrogen) atoms. The first-order valence-electron chi connectivity index (χ1n) is 6.11. The van der Waals surface area contributed by atoms with Gasteiger partial charge in [-0.25, -0.2) is 4.79 Å². The summed E-state index contributed by atoms with van der Waals surface area (Å²) in [5.41, 5.74) is 1.39. The molecule has 1 heterocycles. The van der Waals surface area contributed by atoms with Gasteiger partial charge in [0.2, 0.25) is 0 Å². The van der Waals surface area contributed by atoms with E-state index in [1.165, 1.54) is 4.90 Å². The van der Waals surface area contributed by atoms with Crippen molar-refractivity contribution in [1.29, 1.82) is 0 Å². The minimum atomic E-state index is -0.413. The van der Waals surface area contributed by atoms with Gasteiger partial charge < -0.3 is 19.8 Å². The zero-order valence-corrected chi connectivity index (χ0v) is 11.4. The van der Waals surface area contributed by atoms with Gasteiger partial charge in [0.05, 0.1) is 6.10 Å². The molecule has 1 aromatic rings. The number of aliphatic hydroxyl groups is 1. The molecule has 0 aromatic carbocycles. The number of amides is 2. The summed E-state index contributed by atoms with van der Waals surface area (Å²) in [6, 6.07) is -0.225. The molecule has 0 spiro atoms. The summed E-state index contributed by atoms with van der Waals surface area (Å²) in [4.78, 5) is 13.4. The summed E-state index contributed by atoms with van der Waals surface area (Å²) >= 11 is 0. The number of carbonyl (C=O) groups excluding carboxylic acids is 1. The van der Waals surface area contributed by atoms with Crippen molar-refractivity contribution in [2.24, 2.45) is 0 Å². The number of carbonyl (C=O) groups is 1. The Morgan fingerprint density at radius 2 is 2.28 bits per heavy atom. The number of urea groups is 1. The van der Waals surface area contributed by atoms with Crippen molar-refractivity contribution in [3.8, 4) is 0 Å². The topological polar surface area (TPSA) is 78.6 Å². The van der Waals surface area contributed by atoms with Crippen molar-refractivity contribution in [2.45, 2.75) is 39.7 Å². The predicted molar refractivity (Wildman–Crippen MR) is 68.6 cm³/mol. The molecular formula is C12H21N3O3. The van der Waals surface area contributed by atoms with Crippen LogP contribution in [0.4, 0.5) is 10.5 Å². The zero-order chi connectivity index (χ0) is 13.7. The van der Waals surface area contributed by atoms with Gasteiger partial charge in [-0.1, -0.05) is 12.1 Å². The first-order chi connectivity index (χ1) is 8.45. The van der Waals surface area contributed by atoms with E-state index in [2.05, 4.69) is 10.5 Å². The number of nitrogens with one attached hydrogen (secondary N) is 1. The van der Waals surface area contributed by atoms with Gasteiger partial charge in [-0.15, -0.1) is 0 Å². The Labute approximate surface area is 107 Å². The van der Waals surface area contributed by atoms with Crippen molar-refractivity contribution in [3.05, 3.63) is 11.5 Å². The van der Waals surface area contributed by atoms with E-state index < -0.39 is 6.10 Å². The molecule has 0 aliphatic heterocycles. The number of nitrogens with zero attached hydrogens (tertiary/aromatic N) is 2. The fourth-order valence-electron chi connectivity index (χ4n) is 1.50. The molecule has 0 saturated heterocycles. The Bertz CT molecular complexity index is 401. The van der Waals surface area contributed by atoms with Crippen LogP contribution in [0.15, 0.2) is 4.52 Å². The maximum atomic E-state index is 11.9. The van der Waals surface area contributed by atoms with E-state index in [1.807, 2.05) is 6.92 Å². The van der Waals surface area contributed by atoms with Gasteiger partial charge in [-0.05, 0) is 26.7 Å². The summed E-state index contributed by atoms with van der Waals surface area (Å²) in [5.74, 6) is 0.601. The van der Waals surface area contributed by atoms with Crippen molar-refractivity contribution in [3.63, 3.8) is 0 Å². The van der Waals surface area contributed by atoms with Crippen molar-refractivity contribution >= 4 is 11.7 Å². The number of anilines is 1. The van der Waals surface area contributed by atoms with E-state index in [0.717, 1.165) is 5.69 Å². The molecule has 0 aliphatic rings. The van der Waals surface area contributed by atoms with E-state index in [-0.39, 0.29) is 6.03 Å². The van der Waals surface area contributed by atoms with Crippen LogP contribution in [0, 0.1) is 6.92 Å². The molecule has 6 nitrogen and oxygen atoms in total. The van der Waals surface area contributed by atoms with Gasteiger partial charge in [0.1, 0.15) is 11.4 Å². The number of hydrogen-bond donors (Lipinski definition) is 2. The number of rotatable bonds is 5. The second kappa shape index (κ2) is 6.39. The standard InChI is InChI=1S/C12H21N3O3/c1-5-10-11(9(3)18-14-10)13-12(17)15(4)7-6-8(2)16/h8,16H,5-7H2,1-4H3,(H,13,17). The second-order valence-corrected chi connectivity index (χ2v) is 4.40. The smallest absolute Gasteiger partial charge is 0.321 e. The lowest BCUT2D eigenvalue weighted by atomic mass is 10.2. The minimum Gasteiger partial charge on any atom is -0.393 e. The maximum Gasteiger partial charge on any atom is 0.321 e. The Balaban J connectivity index is 2.60.